The van der Waals surface area contributed by atoms with Crippen LogP contribution in [-0.4, -0.2) is 29.5 Å². The maximum absolute atomic E-state index is 13.6. The number of nitrogens with one attached hydrogen (secondary N) is 1. The Morgan fingerprint density at radius 1 is 1.36 bits per heavy atom. The van der Waals surface area contributed by atoms with E-state index in [2.05, 4.69) is 26.2 Å². The molecule has 4 rings (SSSR count). The minimum Gasteiger partial charge on any atom is -0.497 e. The van der Waals surface area contributed by atoms with E-state index >= 15 is 0 Å². The molecule has 0 fully saturated rings. The number of methoxy groups -OCH3 is 1. The first kappa shape index (κ1) is 19.2. The first-order valence-electron chi connectivity index (χ1n) is 8.58. The van der Waals surface area contributed by atoms with Gasteiger partial charge in [0.1, 0.15) is 18.1 Å². The summed E-state index contributed by atoms with van der Waals surface area (Å²) >= 11 is 5.02. The van der Waals surface area contributed by atoms with Crippen molar-refractivity contribution in [1.29, 1.82) is 0 Å². The number of hydrogen-bond acceptors (Lipinski definition) is 6. The highest BCUT2D eigenvalue weighted by Gasteiger charge is 2.24. The monoisotopic (exact) mass is 479 g/mol. The normalized spacial score (nSPS) is 13.8. The summed E-state index contributed by atoms with van der Waals surface area (Å²) in [5.74, 6) is 1.49. The van der Waals surface area contributed by atoms with Crippen molar-refractivity contribution in [2.75, 3.05) is 29.9 Å². The summed E-state index contributed by atoms with van der Waals surface area (Å²) in [7, 11) is 0.163. The standard InChI is InChI=1S/C19H18BrN3O3S2/c1-25-14-4-2-13(3-5-14)12-23(19-22-7-9-27-19)28(24)18-11-17-16(10-15(18)20)21-6-8-26-17/h2-5,7,9-11,21H,6,8,12H2,1H3. The quantitative estimate of drug-likeness (QED) is 0.565. The molecular formula is C19H18BrN3O3S2. The Morgan fingerprint density at radius 2 is 2.18 bits per heavy atom. The molecule has 0 amide bonds. The van der Waals surface area contributed by atoms with Crippen LogP contribution >= 0.6 is 27.3 Å². The van der Waals surface area contributed by atoms with Crippen LogP contribution in [0.15, 0.2) is 57.3 Å². The van der Waals surface area contributed by atoms with Crippen molar-refractivity contribution in [3.63, 3.8) is 0 Å². The maximum atomic E-state index is 13.6. The number of rotatable bonds is 6. The van der Waals surface area contributed by atoms with E-state index < -0.39 is 11.0 Å². The topological polar surface area (TPSA) is 63.7 Å². The van der Waals surface area contributed by atoms with Gasteiger partial charge in [0.15, 0.2) is 16.1 Å². The van der Waals surface area contributed by atoms with E-state index in [0.717, 1.165) is 28.0 Å². The fourth-order valence-corrected chi connectivity index (χ4v) is 5.59. The summed E-state index contributed by atoms with van der Waals surface area (Å²) in [5.41, 5.74) is 1.91. The van der Waals surface area contributed by atoms with Gasteiger partial charge in [-0.2, -0.15) is 0 Å². The first-order chi connectivity index (χ1) is 13.7. The number of halogens is 1. The number of anilines is 2. The lowest BCUT2D eigenvalue weighted by Crippen LogP contribution is -2.26. The van der Waals surface area contributed by atoms with E-state index in [9.17, 15) is 4.21 Å². The van der Waals surface area contributed by atoms with Crippen LogP contribution in [-0.2, 0) is 17.5 Å². The van der Waals surface area contributed by atoms with E-state index in [1.165, 1.54) is 11.3 Å². The lowest BCUT2D eigenvalue weighted by atomic mass is 10.2. The summed E-state index contributed by atoms with van der Waals surface area (Å²) in [4.78, 5) is 5.02. The minimum absolute atomic E-state index is 0.451. The average Bonchev–Trinajstić information content (AvgIpc) is 3.26. The van der Waals surface area contributed by atoms with Crippen molar-refractivity contribution in [2.45, 2.75) is 11.4 Å². The molecule has 2 aromatic carbocycles. The van der Waals surface area contributed by atoms with Crippen LogP contribution in [0.2, 0.25) is 0 Å². The predicted molar refractivity (Wildman–Crippen MR) is 116 cm³/mol. The minimum atomic E-state index is -1.47. The van der Waals surface area contributed by atoms with Gasteiger partial charge in [-0.3, -0.25) is 4.31 Å². The van der Waals surface area contributed by atoms with Crippen LogP contribution in [0, 0.1) is 0 Å². The van der Waals surface area contributed by atoms with Crippen LogP contribution in [0.25, 0.3) is 0 Å². The summed E-state index contributed by atoms with van der Waals surface area (Å²) in [6.45, 7) is 1.79. The highest BCUT2D eigenvalue weighted by atomic mass is 79.9. The summed E-state index contributed by atoms with van der Waals surface area (Å²) in [6, 6.07) is 11.5. The van der Waals surface area contributed by atoms with Gasteiger partial charge in [0, 0.05) is 28.7 Å². The second-order valence-electron chi connectivity index (χ2n) is 6.00. The highest BCUT2D eigenvalue weighted by molar-refractivity contribution is 9.10. The van der Waals surface area contributed by atoms with Crippen molar-refractivity contribution >= 4 is 49.1 Å². The van der Waals surface area contributed by atoms with Crippen molar-refractivity contribution in [1.82, 2.24) is 4.98 Å². The second-order valence-corrected chi connectivity index (χ2v) is 9.11. The van der Waals surface area contributed by atoms with Gasteiger partial charge >= 0.3 is 0 Å². The number of hydrogen-bond donors (Lipinski definition) is 1. The molecule has 0 saturated heterocycles. The second kappa shape index (κ2) is 8.50. The summed E-state index contributed by atoms with van der Waals surface area (Å²) in [6.07, 6.45) is 1.72. The van der Waals surface area contributed by atoms with Crippen LogP contribution in [0.4, 0.5) is 10.8 Å². The first-order valence-corrected chi connectivity index (χ1v) is 11.4. The van der Waals surface area contributed by atoms with E-state index in [1.807, 2.05) is 41.8 Å². The molecule has 0 radical (unpaired) electrons. The number of ether oxygens (including phenoxy) is 2. The van der Waals surface area contributed by atoms with E-state index in [4.69, 9.17) is 9.47 Å². The predicted octanol–water partition coefficient (Wildman–Crippen LogP) is 4.45. The largest absolute Gasteiger partial charge is 0.497 e. The Hall–Kier alpha value is -2.10. The van der Waals surface area contributed by atoms with Gasteiger partial charge in [0.05, 0.1) is 24.2 Å². The summed E-state index contributed by atoms with van der Waals surface area (Å²) in [5, 5.41) is 5.86. The molecule has 1 aromatic heterocycles. The van der Waals surface area contributed by atoms with Gasteiger partial charge in [0.2, 0.25) is 0 Å². The van der Waals surface area contributed by atoms with Crippen LogP contribution in [0.5, 0.6) is 11.5 Å². The number of thiazole rings is 1. The molecule has 6 nitrogen and oxygen atoms in total. The van der Waals surface area contributed by atoms with E-state index in [-0.39, 0.29) is 0 Å². The van der Waals surface area contributed by atoms with Gasteiger partial charge in [-0.05, 0) is 39.7 Å². The Labute approximate surface area is 178 Å². The number of benzene rings is 2. The zero-order chi connectivity index (χ0) is 19.5. The zero-order valence-electron chi connectivity index (χ0n) is 15.1. The van der Waals surface area contributed by atoms with Gasteiger partial charge in [-0.15, -0.1) is 11.3 Å². The molecule has 28 heavy (non-hydrogen) atoms. The molecule has 2 heterocycles. The third kappa shape index (κ3) is 4.01. The average molecular weight is 480 g/mol. The number of fused-ring (bicyclic) bond motifs is 1. The van der Waals surface area contributed by atoms with E-state index in [0.29, 0.717) is 28.9 Å². The van der Waals surface area contributed by atoms with Crippen LogP contribution in [0.3, 0.4) is 0 Å². The molecule has 1 aliphatic heterocycles. The number of aromatic nitrogens is 1. The highest BCUT2D eigenvalue weighted by Crippen LogP contribution is 2.37. The lowest BCUT2D eigenvalue weighted by molar-refractivity contribution is 0.322. The molecule has 0 bridgehead atoms. The molecule has 1 unspecified atom stereocenters. The molecule has 0 aliphatic carbocycles. The van der Waals surface area contributed by atoms with Crippen molar-refractivity contribution in [3.05, 3.63) is 58.0 Å². The third-order valence-electron chi connectivity index (χ3n) is 4.22. The van der Waals surface area contributed by atoms with E-state index in [1.54, 1.807) is 17.6 Å². The van der Waals surface area contributed by atoms with Gasteiger partial charge in [-0.1, -0.05) is 12.1 Å². The third-order valence-corrected chi connectivity index (χ3v) is 7.46. The number of nitrogens with zero attached hydrogens (tertiary/aromatic N) is 2. The maximum Gasteiger partial charge on any atom is 0.197 e. The Bertz CT molecular complexity index is 981. The zero-order valence-corrected chi connectivity index (χ0v) is 18.3. The molecule has 0 saturated carbocycles. The lowest BCUT2D eigenvalue weighted by Gasteiger charge is -2.24. The molecule has 9 heteroatoms. The van der Waals surface area contributed by atoms with Crippen LogP contribution in [0.1, 0.15) is 5.56 Å². The summed E-state index contributed by atoms with van der Waals surface area (Å²) < 4.78 is 27.0. The van der Waals surface area contributed by atoms with Crippen molar-refractivity contribution in [3.8, 4) is 11.5 Å². The Kier molecular flexibility index (Phi) is 5.84. The SMILES string of the molecule is COc1ccc(CN(c2nccs2)S(=O)c2cc3c(cc2Br)NCCO3)cc1. The molecule has 1 N–H and O–H groups in total. The van der Waals surface area contributed by atoms with Gasteiger partial charge < -0.3 is 14.8 Å². The Morgan fingerprint density at radius 3 is 2.89 bits per heavy atom. The molecule has 1 aliphatic rings. The smallest absolute Gasteiger partial charge is 0.197 e. The molecule has 3 aromatic rings. The van der Waals surface area contributed by atoms with Crippen LogP contribution < -0.4 is 19.1 Å². The molecule has 146 valence electrons. The molecular weight excluding hydrogens is 462 g/mol. The van der Waals surface area contributed by atoms with Crippen molar-refractivity contribution in [2.24, 2.45) is 0 Å². The van der Waals surface area contributed by atoms with Gasteiger partial charge in [-0.25, -0.2) is 9.19 Å². The van der Waals surface area contributed by atoms with Gasteiger partial charge in [0.25, 0.3) is 0 Å². The fourth-order valence-electron chi connectivity index (χ4n) is 2.82. The van der Waals surface area contributed by atoms with Crippen molar-refractivity contribution < 1.29 is 13.7 Å². The molecule has 0 spiro atoms. The fraction of sp³-hybridized carbons (Fsp3) is 0.211. The molecule has 1 atom stereocenters. The Balaban J connectivity index is 1.67.